The summed E-state index contributed by atoms with van der Waals surface area (Å²) in [7, 11) is 1.10. The summed E-state index contributed by atoms with van der Waals surface area (Å²) in [5, 5.41) is 11.8. The molecule has 0 radical (unpaired) electrons. The van der Waals surface area contributed by atoms with Crippen molar-refractivity contribution in [2.45, 2.75) is 43.9 Å². The normalized spacial score (nSPS) is 12.9. The van der Waals surface area contributed by atoms with Crippen LogP contribution >= 0.6 is 11.6 Å². The summed E-state index contributed by atoms with van der Waals surface area (Å²) in [6.07, 6.45) is -13.1. The zero-order valence-electron chi connectivity index (χ0n) is 23.3. The lowest BCUT2D eigenvalue weighted by Gasteiger charge is -2.31. The van der Waals surface area contributed by atoms with Crippen LogP contribution in [0.4, 0.5) is 45.2 Å². The quantitative estimate of drug-likeness (QED) is 0.169. The predicted molar refractivity (Wildman–Crippen MR) is 142 cm³/mol. The second-order valence-electron chi connectivity index (χ2n) is 9.44. The maximum Gasteiger partial charge on any atom is 0.435 e. The van der Waals surface area contributed by atoms with Crippen LogP contribution in [0.25, 0.3) is 0 Å². The van der Waals surface area contributed by atoms with E-state index >= 15 is 0 Å². The van der Waals surface area contributed by atoms with Gasteiger partial charge in [0.1, 0.15) is 11.4 Å². The fourth-order valence-corrected chi connectivity index (χ4v) is 4.77. The highest BCUT2D eigenvalue weighted by Crippen LogP contribution is 2.55. The van der Waals surface area contributed by atoms with Crippen LogP contribution in [0.1, 0.15) is 61.5 Å². The Morgan fingerprint density at radius 1 is 0.913 bits per heavy atom. The van der Waals surface area contributed by atoms with E-state index in [2.05, 4.69) is 4.74 Å². The summed E-state index contributed by atoms with van der Waals surface area (Å²) in [5.41, 5.74) is -9.74. The van der Waals surface area contributed by atoms with E-state index in [1.807, 2.05) is 5.32 Å². The van der Waals surface area contributed by atoms with Gasteiger partial charge < -0.3 is 24.7 Å². The van der Waals surface area contributed by atoms with Gasteiger partial charge in [-0.2, -0.15) is 35.1 Å². The molecule has 7 nitrogen and oxygen atoms in total. The third-order valence-corrected chi connectivity index (χ3v) is 6.99. The molecule has 0 fully saturated rings. The highest BCUT2D eigenvalue weighted by Gasteiger charge is 2.73. The Hall–Kier alpha value is -4.47. The minimum Gasteiger partial charge on any atom is -0.545 e. The summed E-state index contributed by atoms with van der Waals surface area (Å²) in [6, 6.07) is 8.09. The summed E-state index contributed by atoms with van der Waals surface area (Å²) in [6.45, 7) is -2.27. The molecule has 0 saturated heterocycles. The third-order valence-electron chi connectivity index (χ3n) is 6.69. The first kappa shape index (κ1) is 36.0. The van der Waals surface area contributed by atoms with E-state index in [0.717, 1.165) is 25.3 Å². The minimum absolute atomic E-state index is 0.0797. The zero-order valence-corrected chi connectivity index (χ0v) is 24.0. The SMILES string of the molecule is CCC(C(=O)c1ccc(C(=O)[O-])cc1)c1cccc(C(=O)Nc2c(Cl)cc(C(F)(C(F)(F)F)C(F)(F)F)cc2OC(F)F)c1OC. The smallest absolute Gasteiger partial charge is 0.435 e. The Balaban J connectivity index is 2.09. The van der Waals surface area contributed by atoms with Crippen LogP contribution in [0.15, 0.2) is 54.6 Å². The highest BCUT2D eigenvalue weighted by atomic mass is 35.5. The van der Waals surface area contributed by atoms with E-state index in [9.17, 15) is 59.0 Å². The van der Waals surface area contributed by atoms with Crippen LogP contribution in [0.3, 0.4) is 0 Å². The molecular formula is C29H20ClF9NO6-. The van der Waals surface area contributed by atoms with E-state index in [0.29, 0.717) is 0 Å². The number of carboxylic acid groups (broad SMARTS) is 1. The number of para-hydroxylation sites is 1. The first-order valence-corrected chi connectivity index (χ1v) is 13.1. The van der Waals surface area contributed by atoms with Crippen LogP contribution < -0.4 is 19.9 Å². The van der Waals surface area contributed by atoms with Crippen molar-refractivity contribution in [2.24, 2.45) is 0 Å². The standard InChI is InChI=1S/C29H21ClF9NO6/c1-3-16(22(41)13-7-9-14(10-8-13)25(43)44)17-5-4-6-18(23(17)45-2)24(42)40-21-19(30)11-15(12-20(21)46-26(31)32)27(33,28(34,35)36)29(37,38)39/h4-12,16,26H,3H2,1-2H3,(H,40,42)(H,43,44)/p-1. The molecule has 3 rings (SSSR count). The molecule has 3 aromatic carbocycles. The third kappa shape index (κ3) is 7.00. The number of methoxy groups -OCH3 is 1. The van der Waals surface area contributed by atoms with Crippen molar-refractivity contribution in [3.05, 3.63) is 87.4 Å². The molecule has 0 aliphatic rings. The van der Waals surface area contributed by atoms with Gasteiger partial charge >= 0.3 is 24.6 Å². The molecule has 0 aliphatic heterocycles. The minimum atomic E-state index is -6.61. The lowest BCUT2D eigenvalue weighted by Crippen LogP contribution is -2.50. The van der Waals surface area contributed by atoms with Crippen molar-refractivity contribution < 1.29 is 68.5 Å². The number of aromatic carboxylic acids is 1. The number of carbonyl (C=O) groups excluding carboxylic acids is 3. The van der Waals surface area contributed by atoms with Crippen molar-refractivity contribution >= 4 is 34.9 Å². The van der Waals surface area contributed by atoms with E-state index in [4.69, 9.17) is 16.3 Å². The number of ether oxygens (including phenoxy) is 2. The Morgan fingerprint density at radius 3 is 1.96 bits per heavy atom. The number of ketones is 1. The van der Waals surface area contributed by atoms with Gasteiger partial charge in [0.25, 0.3) is 5.91 Å². The number of carboxylic acids is 1. The number of nitrogens with one attached hydrogen (secondary N) is 1. The number of benzene rings is 3. The fourth-order valence-electron chi connectivity index (χ4n) is 4.51. The van der Waals surface area contributed by atoms with Crippen LogP contribution in [-0.4, -0.2) is 43.7 Å². The van der Waals surface area contributed by atoms with Crippen molar-refractivity contribution in [3.63, 3.8) is 0 Å². The molecule has 0 aromatic heterocycles. The van der Waals surface area contributed by atoms with Crippen LogP contribution in [-0.2, 0) is 5.67 Å². The molecular weight excluding hydrogens is 665 g/mol. The summed E-state index contributed by atoms with van der Waals surface area (Å²) in [4.78, 5) is 37.7. The van der Waals surface area contributed by atoms with Gasteiger partial charge in [-0.1, -0.05) is 54.9 Å². The predicted octanol–water partition coefficient (Wildman–Crippen LogP) is 7.23. The lowest BCUT2D eigenvalue weighted by atomic mass is 9.86. The number of Topliss-reactive ketones (excluding diaryl/α,β-unsaturated/α-hetero) is 1. The average molecular weight is 685 g/mol. The fraction of sp³-hybridized carbons (Fsp3) is 0.276. The number of halogens is 10. The summed E-state index contributed by atoms with van der Waals surface area (Å²) in [5.74, 6) is -6.04. The maximum atomic E-state index is 14.7. The largest absolute Gasteiger partial charge is 0.545 e. The molecule has 46 heavy (non-hydrogen) atoms. The first-order chi connectivity index (χ1) is 21.3. The number of alkyl halides is 9. The van der Waals surface area contributed by atoms with Crippen LogP contribution in [0.5, 0.6) is 11.5 Å². The van der Waals surface area contributed by atoms with Gasteiger partial charge in [0.15, 0.2) is 11.5 Å². The van der Waals surface area contributed by atoms with Crippen molar-refractivity contribution in [2.75, 3.05) is 12.4 Å². The van der Waals surface area contributed by atoms with Gasteiger partial charge in [0.2, 0.25) is 0 Å². The summed E-state index contributed by atoms with van der Waals surface area (Å²) >= 11 is 5.82. The summed E-state index contributed by atoms with van der Waals surface area (Å²) < 4.78 is 130. The van der Waals surface area contributed by atoms with Gasteiger partial charge in [-0.05, 0) is 30.2 Å². The van der Waals surface area contributed by atoms with Crippen LogP contribution in [0.2, 0.25) is 5.02 Å². The van der Waals surface area contributed by atoms with Gasteiger partial charge in [-0.15, -0.1) is 0 Å². The highest BCUT2D eigenvalue weighted by molar-refractivity contribution is 6.34. The molecule has 1 atom stereocenters. The maximum absolute atomic E-state index is 14.7. The number of amides is 1. The van der Waals surface area contributed by atoms with Gasteiger partial charge in [0, 0.05) is 16.7 Å². The van der Waals surface area contributed by atoms with E-state index in [1.165, 1.54) is 24.3 Å². The Labute approximate surface area is 258 Å². The van der Waals surface area contributed by atoms with E-state index in [1.54, 1.807) is 6.92 Å². The Kier molecular flexibility index (Phi) is 10.6. The molecule has 17 heteroatoms. The topological polar surface area (TPSA) is 105 Å². The lowest BCUT2D eigenvalue weighted by molar-refractivity contribution is -0.348. The Bertz CT molecular complexity index is 1610. The van der Waals surface area contributed by atoms with Gasteiger partial charge in [-0.3, -0.25) is 9.59 Å². The molecule has 0 spiro atoms. The molecule has 1 unspecified atom stereocenters. The molecule has 1 amide bonds. The molecule has 248 valence electrons. The van der Waals surface area contributed by atoms with Gasteiger partial charge in [-0.25, -0.2) is 4.39 Å². The molecule has 0 aliphatic carbocycles. The van der Waals surface area contributed by atoms with Crippen molar-refractivity contribution in [3.8, 4) is 11.5 Å². The number of rotatable bonds is 11. The first-order valence-electron chi connectivity index (χ1n) is 12.7. The number of anilines is 1. The van der Waals surface area contributed by atoms with Gasteiger partial charge in [0.05, 0.1) is 29.6 Å². The van der Waals surface area contributed by atoms with Crippen molar-refractivity contribution in [1.82, 2.24) is 0 Å². The average Bonchev–Trinajstić information content (AvgIpc) is 2.96. The second-order valence-corrected chi connectivity index (χ2v) is 9.84. The molecule has 3 aromatic rings. The van der Waals surface area contributed by atoms with Crippen molar-refractivity contribution in [1.29, 1.82) is 0 Å². The molecule has 0 saturated carbocycles. The van der Waals surface area contributed by atoms with E-state index in [-0.39, 0.29) is 41.0 Å². The van der Waals surface area contributed by atoms with Crippen LogP contribution in [0, 0.1) is 0 Å². The zero-order chi connectivity index (χ0) is 34.8. The monoisotopic (exact) mass is 684 g/mol. The molecule has 1 N–H and O–H groups in total. The number of hydrogen-bond acceptors (Lipinski definition) is 6. The number of carbonyl (C=O) groups is 3. The van der Waals surface area contributed by atoms with E-state index < -0.39 is 75.8 Å². The molecule has 0 bridgehead atoms. The Morgan fingerprint density at radius 2 is 1.48 bits per heavy atom. The second kappa shape index (κ2) is 13.5. The molecule has 0 heterocycles. The number of hydrogen-bond donors (Lipinski definition) is 1.